The Kier molecular flexibility index (Phi) is 3.18. The van der Waals surface area contributed by atoms with Gasteiger partial charge in [-0.15, -0.1) is 0 Å². The maximum atomic E-state index is 7.04. The first-order chi connectivity index (χ1) is 6.42. The summed E-state index contributed by atoms with van der Waals surface area (Å²) < 4.78 is 0. The van der Waals surface area contributed by atoms with Gasteiger partial charge in [0.1, 0.15) is 0 Å². The smallest absolute Gasteiger partial charge is 0.190 e. The summed E-state index contributed by atoms with van der Waals surface area (Å²) in [4.78, 5) is 3.49. The number of rotatable bonds is 1. The van der Waals surface area contributed by atoms with Crippen molar-refractivity contribution in [2.75, 3.05) is 0 Å². The van der Waals surface area contributed by atoms with Crippen LogP contribution < -0.4 is 0 Å². The van der Waals surface area contributed by atoms with E-state index in [1.54, 1.807) is 12.1 Å². The van der Waals surface area contributed by atoms with Crippen LogP contribution in [-0.4, -0.2) is 0 Å². The zero-order valence-electron chi connectivity index (χ0n) is 8.76. The molecule has 14 heavy (non-hydrogen) atoms. The Balaban J connectivity index is 3.07. The standard InChI is InChI=1S/C12H14ClN/c1-12(2,3)8-9-7-10(13)5-6-11(9)14-4/h5-7H,8H2,1-3H3. The average Bonchev–Trinajstić information content (AvgIpc) is 2.01. The summed E-state index contributed by atoms with van der Waals surface area (Å²) in [6.07, 6.45) is 0.880. The van der Waals surface area contributed by atoms with Gasteiger partial charge in [-0.1, -0.05) is 50.6 Å². The van der Waals surface area contributed by atoms with Gasteiger partial charge in [0.15, 0.2) is 5.69 Å². The van der Waals surface area contributed by atoms with Gasteiger partial charge >= 0.3 is 0 Å². The molecule has 1 aromatic rings. The molecule has 0 aromatic heterocycles. The highest BCUT2D eigenvalue weighted by Crippen LogP contribution is 2.29. The zero-order chi connectivity index (χ0) is 10.8. The molecule has 0 unspecified atom stereocenters. The van der Waals surface area contributed by atoms with E-state index < -0.39 is 0 Å². The van der Waals surface area contributed by atoms with Crippen molar-refractivity contribution < 1.29 is 0 Å². The summed E-state index contributed by atoms with van der Waals surface area (Å²) in [6.45, 7) is 13.5. The van der Waals surface area contributed by atoms with Gasteiger partial charge in [0.05, 0.1) is 6.57 Å². The Morgan fingerprint density at radius 2 is 2.00 bits per heavy atom. The summed E-state index contributed by atoms with van der Waals surface area (Å²) in [7, 11) is 0. The molecule has 0 amide bonds. The van der Waals surface area contributed by atoms with Crippen LogP contribution in [0.25, 0.3) is 4.85 Å². The van der Waals surface area contributed by atoms with E-state index in [0.717, 1.165) is 12.0 Å². The summed E-state index contributed by atoms with van der Waals surface area (Å²) in [6, 6.07) is 5.44. The van der Waals surface area contributed by atoms with E-state index >= 15 is 0 Å². The second-order valence-corrected chi connectivity index (χ2v) is 5.06. The summed E-state index contributed by atoms with van der Waals surface area (Å²) in [5.41, 5.74) is 1.94. The largest absolute Gasteiger partial charge is 0.238 e. The number of hydrogen-bond acceptors (Lipinski definition) is 0. The van der Waals surface area contributed by atoms with Crippen molar-refractivity contribution in [3.05, 3.63) is 40.2 Å². The zero-order valence-corrected chi connectivity index (χ0v) is 9.52. The van der Waals surface area contributed by atoms with Crippen molar-refractivity contribution >= 4 is 17.3 Å². The molecular weight excluding hydrogens is 194 g/mol. The highest BCUT2D eigenvalue weighted by Gasteiger charge is 2.14. The van der Waals surface area contributed by atoms with Crippen LogP contribution >= 0.6 is 11.6 Å². The van der Waals surface area contributed by atoms with E-state index in [1.807, 2.05) is 6.07 Å². The number of halogens is 1. The Labute approximate surface area is 90.5 Å². The molecule has 1 nitrogen and oxygen atoms in total. The Morgan fingerprint density at radius 3 is 2.50 bits per heavy atom. The van der Waals surface area contributed by atoms with E-state index in [-0.39, 0.29) is 5.41 Å². The third-order valence-corrected chi connectivity index (χ3v) is 2.12. The average molecular weight is 208 g/mol. The van der Waals surface area contributed by atoms with Gasteiger partial charge in [-0.2, -0.15) is 0 Å². The lowest BCUT2D eigenvalue weighted by Gasteiger charge is -2.19. The van der Waals surface area contributed by atoms with Crippen molar-refractivity contribution in [1.82, 2.24) is 0 Å². The third kappa shape index (κ3) is 3.05. The molecule has 0 atom stereocenters. The van der Waals surface area contributed by atoms with E-state index in [2.05, 4.69) is 25.6 Å². The second-order valence-electron chi connectivity index (χ2n) is 4.62. The Bertz CT molecular complexity index is 369. The van der Waals surface area contributed by atoms with Gasteiger partial charge in [0.25, 0.3) is 0 Å². The molecule has 2 heteroatoms. The summed E-state index contributed by atoms with van der Waals surface area (Å²) in [5, 5.41) is 0.705. The van der Waals surface area contributed by atoms with Crippen LogP contribution in [0.1, 0.15) is 26.3 Å². The first-order valence-corrected chi connectivity index (χ1v) is 4.96. The lowest BCUT2D eigenvalue weighted by Crippen LogP contribution is -2.09. The number of benzene rings is 1. The Hall–Kier alpha value is -1.00. The molecule has 0 radical (unpaired) electrons. The fourth-order valence-corrected chi connectivity index (χ4v) is 1.57. The van der Waals surface area contributed by atoms with Crippen LogP contribution in [0.5, 0.6) is 0 Å². The normalized spacial score (nSPS) is 11.1. The van der Waals surface area contributed by atoms with Crippen molar-refractivity contribution in [2.24, 2.45) is 5.41 Å². The van der Waals surface area contributed by atoms with Gasteiger partial charge < -0.3 is 0 Å². The molecule has 0 heterocycles. The molecule has 0 bridgehead atoms. The molecule has 1 rings (SSSR count). The molecule has 1 aromatic carbocycles. The maximum absolute atomic E-state index is 7.04. The van der Waals surface area contributed by atoms with Crippen molar-refractivity contribution in [1.29, 1.82) is 0 Å². The van der Waals surface area contributed by atoms with Crippen molar-refractivity contribution in [3.8, 4) is 0 Å². The SMILES string of the molecule is [C-]#[N+]c1ccc(Cl)cc1CC(C)(C)C. The molecule has 0 fully saturated rings. The number of nitrogens with zero attached hydrogens (tertiary/aromatic N) is 1. The van der Waals surface area contributed by atoms with Gasteiger partial charge in [0.2, 0.25) is 0 Å². The van der Waals surface area contributed by atoms with E-state index in [4.69, 9.17) is 18.2 Å². The maximum Gasteiger partial charge on any atom is 0.190 e. The molecular formula is C12H14ClN. The van der Waals surface area contributed by atoms with E-state index in [9.17, 15) is 0 Å². The topological polar surface area (TPSA) is 4.36 Å². The van der Waals surface area contributed by atoms with Crippen LogP contribution in [0.15, 0.2) is 18.2 Å². The summed E-state index contributed by atoms with van der Waals surface area (Å²) in [5.74, 6) is 0. The van der Waals surface area contributed by atoms with Crippen molar-refractivity contribution in [3.63, 3.8) is 0 Å². The number of hydrogen-bond donors (Lipinski definition) is 0. The predicted octanol–water partition coefficient (Wildman–Crippen LogP) is 4.48. The molecule has 0 aliphatic heterocycles. The van der Waals surface area contributed by atoms with Crippen LogP contribution in [0.2, 0.25) is 5.02 Å². The fourth-order valence-electron chi connectivity index (χ4n) is 1.38. The predicted molar refractivity (Wildman–Crippen MR) is 60.9 cm³/mol. The van der Waals surface area contributed by atoms with Crippen LogP contribution in [0, 0.1) is 12.0 Å². The first-order valence-electron chi connectivity index (χ1n) is 4.58. The minimum Gasteiger partial charge on any atom is -0.238 e. The lowest BCUT2D eigenvalue weighted by molar-refractivity contribution is 0.412. The van der Waals surface area contributed by atoms with Gasteiger partial charge in [-0.3, -0.25) is 0 Å². The third-order valence-electron chi connectivity index (χ3n) is 1.88. The van der Waals surface area contributed by atoms with E-state index in [1.165, 1.54) is 0 Å². The van der Waals surface area contributed by atoms with Gasteiger partial charge in [-0.25, -0.2) is 4.85 Å². The highest BCUT2D eigenvalue weighted by molar-refractivity contribution is 6.30. The van der Waals surface area contributed by atoms with Crippen LogP contribution in [-0.2, 0) is 6.42 Å². The molecule has 74 valence electrons. The molecule has 0 aliphatic rings. The van der Waals surface area contributed by atoms with E-state index in [0.29, 0.717) is 10.7 Å². The van der Waals surface area contributed by atoms with Crippen LogP contribution in [0.3, 0.4) is 0 Å². The minimum atomic E-state index is 0.185. The van der Waals surface area contributed by atoms with Gasteiger partial charge in [-0.05, 0) is 17.4 Å². The van der Waals surface area contributed by atoms with Gasteiger partial charge in [0, 0.05) is 5.02 Å². The first kappa shape index (κ1) is 11.1. The lowest BCUT2D eigenvalue weighted by atomic mass is 9.87. The molecule has 0 aliphatic carbocycles. The summed E-state index contributed by atoms with van der Waals surface area (Å²) >= 11 is 5.90. The molecule has 0 spiro atoms. The quantitative estimate of drug-likeness (QED) is 0.598. The molecule has 0 saturated carbocycles. The minimum absolute atomic E-state index is 0.185. The fraction of sp³-hybridized carbons (Fsp3) is 0.417. The van der Waals surface area contributed by atoms with Crippen molar-refractivity contribution in [2.45, 2.75) is 27.2 Å². The Morgan fingerprint density at radius 1 is 1.36 bits per heavy atom. The van der Waals surface area contributed by atoms with Crippen LogP contribution in [0.4, 0.5) is 5.69 Å². The molecule has 0 N–H and O–H groups in total. The highest BCUT2D eigenvalue weighted by atomic mass is 35.5. The molecule has 0 saturated heterocycles. The monoisotopic (exact) mass is 207 g/mol. The second kappa shape index (κ2) is 4.02.